The van der Waals surface area contributed by atoms with Crippen molar-refractivity contribution in [3.63, 3.8) is 0 Å². The van der Waals surface area contributed by atoms with Gasteiger partial charge in [0.25, 0.3) is 0 Å². The van der Waals surface area contributed by atoms with Crippen molar-refractivity contribution in [1.82, 2.24) is 0 Å². The maximum atomic E-state index is 12.9. The number of halogens is 3. The average molecular weight is 425 g/mol. The SMILES string of the molecule is O=C(Cc1ccc(Br)s1)c1ccc(F)cc1I. The molecule has 1 nitrogen and oxygen atoms in total. The molecular formula is C12H7BrFIOS. The highest BCUT2D eigenvalue weighted by atomic mass is 127. The van der Waals surface area contributed by atoms with Crippen LogP contribution in [-0.4, -0.2) is 5.78 Å². The Morgan fingerprint density at radius 2 is 2.12 bits per heavy atom. The Morgan fingerprint density at radius 3 is 2.71 bits per heavy atom. The molecule has 0 radical (unpaired) electrons. The van der Waals surface area contributed by atoms with Gasteiger partial charge in [0.15, 0.2) is 5.78 Å². The van der Waals surface area contributed by atoms with Crippen LogP contribution in [0.3, 0.4) is 0 Å². The van der Waals surface area contributed by atoms with Crippen LogP contribution in [0.25, 0.3) is 0 Å². The first-order valence-electron chi connectivity index (χ1n) is 4.79. The molecule has 0 spiro atoms. The Morgan fingerprint density at radius 1 is 1.35 bits per heavy atom. The van der Waals surface area contributed by atoms with E-state index in [0.29, 0.717) is 15.6 Å². The van der Waals surface area contributed by atoms with E-state index in [-0.39, 0.29) is 11.6 Å². The molecule has 1 aromatic carbocycles. The predicted molar refractivity (Wildman–Crippen MR) is 79.2 cm³/mol. The van der Waals surface area contributed by atoms with E-state index in [9.17, 15) is 9.18 Å². The fourth-order valence-corrected chi connectivity index (χ4v) is 3.68. The molecule has 0 aliphatic carbocycles. The van der Waals surface area contributed by atoms with Gasteiger partial charge >= 0.3 is 0 Å². The number of rotatable bonds is 3. The molecular weight excluding hydrogens is 418 g/mol. The highest BCUT2D eigenvalue weighted by Crippen LogP contribution is 2.24. The topological polar surface area (TPSA) is 17.1 Å². The van der Waals surface area contributed by atoms with Crippen LogP contribution in [0.4, 0.5) is 4.39 Å². The van der Waals surface area contributed by atoms with E-state index >= 15 is 0 Å². The summed E-state index contributed by atoms with van der Waals surface area (Å²) in [6.07, 6.45) is 0.359. The number of ketones is 1. The van der Waals surface area contributed by atoms with E-state index in [1.165, 1.54) is 23.5 Å². The summed E-state index contributed by atoms with van der Waals surface area (Å²) >= 11 is 6.88. The number of carbonyl (C=O) groups excluding carboxylic acids is 1. The number of Topliss-reactive ketones (excluding diaryl/α,β-unsaturated/α-hetero) is 1. The highest BCUT2D eigenvalue weighted by Gasteiger charge is 2.12. The Kier molecular flexibility index (Phi) is 4.32. The molecule has 0 unspecified atom stereocenters. The van der Waals surface area contributed by atoms with Gasteiger partial charge in [-0.2, -0.15) is 0 Å². The van der Waals surface area contributed by atoms with Crippen LogP contribution in [0, 0.1) is 9.39 Å². The van der Waals surface area contributed by atoms with Crippen molar-refractivity contribution in [2.24, 2.45) is 0 Å². The van der Waals surface area contributed by atoms with Crippen LogP contribution in [0.15, 0.2) is 34.1 Å². The highest BCUT2D eigenvalue weighted by molar-refractivity contribution is 14.1. The van der Waals surface area contributed by atoms with Crippen LogP contribution in [0.5, 0.6) is 0 Å². The minimum absolute atomic E-state index is 0.0174. The maximum Gasteiger partial charge on any atom is 0.169 e. The molecule has 1 heterocycles. The Bertz CT molecular complexity index is 567. The van der Waals surface area contributed by atoms with Crippen molar-refractivity contribution in [3.05, 3.63) is 53.9 Å². The zero-order valence-electron chi connectivity index (χ0n) is 8.54. The third-order valence-corrected chi connectivity index (χ3v) is 4.71. The number of hydrogen-bond acceptors (Lipinski definition) is 2. The fourth-order valence-electron chi connectivity index (χ4n) is 1.42. The molecule has 0 fully saturated rings. The lowest BCUT2D eigenvalue weighted by atomic mass is 10.1. The summed E-state index contributed by atoms with van der Waals surface area (Å²) in [5.41, 5.74) is 0.580. The van der Waals surface area contributed by atoms with E-state index in [0.717, 1.165) is 8.66 Å². The summed E-state index contributed by atoms with van der Waals surface area (Å²) < 4.78 is 14.6. The first kappa shape index (κ1) is 13.2. The second kappa shape index (κ2) is 5.58. The minimum atomic E-state index is -0.315. The summed E-state index contributed by atoms with van der Waals surface area (Å²) in [6.45, 7) is 0. The fraction of sp³-hybridized carbons (Fsp3) is 0.0833. The third kappa shape index (κ3) is 3.35. The van der Waals surface area contributed by atoms with Crippen molar-refractivity contribution in [2.75, 3.05) is 0 Å². The summed E-state index contributed by atoms with van der Waals surface area (Å²) in [5.74, 6) is -0.298. The van der Waals surface area contributed by atoms with Gasteiger partial charge in [0, 0.05) is 20.4 Å². The van der Waals surface area contributed by atoms with Gasteiger partial charge in [0.2, 0.25) is 0 Å². The van der Waals surface area contributed by atoms with E-state index in [1.54, 1.807) is 6.07 Å². The van der Waals surface area contributed by atoms with E-state index < -0.39 is 0 Å². The number of benzene rings is 1. The number of thiophene rings is 1. The smallest absolute Gasteiger partial charge is 0.169 e. The van der Waals surface area contributed by atoms with Gasteiger partial charge < -0.3 is 0 Å². The van der Waals surface area contributed by atoms with Gasteiger partial charge in [-0.3, -0.25) is 4.79 Å². The lowest BCUT2D eigenvalue weighted by Gasteiger charge is -2.02. The molecule has 0 aliphatic rings. The van der Waals surface area contributed by atoms with Crippen LogP contribution in [0.1, 0.15) is 15.2 Å². The summed E-state index contributed by atoms with van der Waals surface area (Å²) in [7, 11) is 0. The van der Waals surface area contributed by atoms with Crippen LogP contribution in [-0.2, 0) is 6.42 Å². The quantitative estimate of drug-likeness (QED) is 0.516. The van der Waals surface area contributed by atoms with Crippen molar-refractivity contribution >= 4 is 55.6 Å². The molecule has 0 bridgehead atoms. The minimum Gasteiger partial charge on any atom is -0.294 e. The molecule has 0 N–H and O–H groups in total. The molecule has 2 aromatic rings. The molecule has 0 saturated carbocycles. The van der Waals surface area contributed by atoms with Crippen LogP contribution in [0.2, 0.25) is 0 Å². The zero-order valence-corrected chi connectivity index (χ0v) is 13.1. The maximum absolute atomic E-state index is 12.9. The Hall–Kier alpha value is -0.270. The second-order valence-electron chi connectivity index (χ2n) is 3.43. The summed E-state index contributed by atoms with van der Waals surface area (Å²) in [5, 5.41) is 0. The lowest BCUT2D eigenvalue weighted by molar-refractivity contribution is 0.0993. The molecule has 2 rings (SSSR count). The Balaban J connectivity index is 2.20. The number of hydrogen-bond donors (Lipinski definition) is 0. The van der Waals surface area contributed by atoms with Gasteiger partial charge in [0.1, 0.15) is 5.82 Å². The summed E-state index contributed by atoms with van der Waals surface area (Å²) in [6, 6.07) is 8.08. The molecule has 0 saturated heterocycles. The van der Waals surface area contributed by atoms with Crippen LogP contribution < -0.4 is 0 Å². The molecule has 88 valence electrons. The summed E-state index contributed by atoms with van der Waals surface area (Å²) in [4.78, 5) is 13.0. The molecule has 1 aromatic heterocycles. The van der Waals surface area contributed by atoms with E-state index in [2.05, 4.69) is 15.9 Å². The Labute approximate surface area is 124 Å². The number of carbonyl (C=O) groups is 1. The van der Waals surface area contributed by atoms with Gasteiger partial charge in [0.05, 0.1) is 3.79 Å². The van der Waals surface area contributed by atoms with Gasteiger partial charge in [-0.25, -0.2) is 4.39 Å². The van der Waals surface area contributed by atoms with Crippen molar-refractivity contribution in [3.8, 4) is 0 Å². The molecule has 17 heavy (non-hydrogen) atoms. The third-order valence-electron chi connectivity index (χ3n) is 2.20. The standard InChI is InChI=1S/C12H7BrFIOS/c13-12-4-2-8(17-12)6-11(16)9-3-1-7(14)5-10(9)15/h1-5H,6H2. The van der Waals surface area contributed by atoms with E-state index in [4.69, 9.17) is 0 Å². The molecule has 0 amide bonds. The van der Waals surface area contributed by atoms with Gasteiger partial charge in [-0.05, 0) is 68.9 Å². The normalized spacial score (nSPS) is 10.5. The van der Waals surface area contributed by atoms with Crippen molar-refractivity contribution in [2.45, 2.75) is 6.42 Å². The molecule has 5 heteroatoms. The molecule has 0 aliphatic heterocycles. The predicted octanol–water partition coefficient (Wildman–Crippen LogP) is 4.68. The van der Waals surface area contributed by atoms with E-state index in [1.807, 2.05) is 34.7 Å². The molecule has 0 atom stereocenters. The second-order valence-corrected chi connectivity index (χ2v) is 7.14. The van der Waals surface area contributed by atoms with Gasteiger partial charge in [-0.15, -0.1) is 11.3 Å². The monoisotopic (exact) mass is 424 g/mol. The van der Waals surface area contributed by atoms with Crippen LogP contribution >= 0.6 is 49.9 Å². The first-order valence-corrected chi connectivity index (χ1v) is 7.47. The van der Waals surface area contributed by atoms with Crippen molar-refractivity contribution < 1.29 is 9.18 Å². The first-order chi connectivity index (χ1) is 8.06. The largest absolute Gasteiger partial charge is 0.294 e. The van der Waals surface area contributed by atoms with Crippen molar-refractivity contribution in [1.29, 1.82) is 0 Å². The van der Waals surface area contributed by atoms with Gasteiger partial charge in [-0.1, -0.05) is 0 Å². The lowest BCUT2D eigenvalue weighted by Crippen LogP contribution is -2.04. The average Bonchev–Trinajstić information content (AvgIpc) is 2.63. The zero-order chi connectivity index (χ0) is 12.4.